The Bertz CT molecular complexity index is 267. The number of carbonyl (C=O) groups excluding carboxylic acids is 1. The van der Waals surface area contributed by atoms with Crippen LogP contribution in [0.1, 0.15) is 46.0 Å². The third kappa shape index (κ3) is 4.94. The second-order valence-corrected chi connectivity index (χ2v) is 6.08. The largest absolute Gasteiger partial charge is 0.469 e. The van der Waals surface area contributed by atoms with Crippen molar-refractivity contribution in [3.8, 4) is 0 Å². The van der Waals surface area contributed by atoms with Crippen molar-refractivity contribution in [2.45, 2.75) is 52.0 Å². The van der Waals surface area contributed by atoms with E-state index in [1.54, 1.807) is 0 Å². The Labute approximate surface area is 111 Å². The maximum absolute atomic E-state index is 11.4. The van der Waals surface area contributed by atoms with Crippen LogP contribution < -0.4 is 5.73 Å². The molecule has 0 bridgehead atoms. The molecule has 4 heteroatoms. The van der Waals surface area contributed by atoms with E-state index >= 15 is 0 Å². The van der Waals surface area contributed by atoms with Gasteiger partial charge in [-0.2, -0.15) is 0 Å². The molecule has 0 aromatic carbocycles. The van der Waals surface area contributed by atoms with Crippen LogP contribution in [0.4, 0.5) is 0 Å². The number of nitrogens with zero attached hydrogens (tertiary/aromatic N) is 1. The molecule has 18 heavy (non-hydrogen) atoms. The first-order chi connectivity index (χ1) is 8.48. The summed E-state index contributed by atoms with van der Waals surface area (Å²) in [5.74, 6) is -0.0926. The van der Waals surface area contributed by atoms with E-state index in [-0.39, 0.29) is 11.4 Å². The van der Waals surface area contributed by atoms with Gasteiger partial charge in [0.05, 0.1) is 13.5 Å². The summed E-state index contributed by atoms with van der Waals surface area (Å²) in [6.07, 6.45) is 5.18. The fraction of sp³-hybridized carbons (Fsp3) is 0.929. The number of piperidine rings is 1. The van der Waals surface area contributed by atoms with Gasteiger partial charge in [0.15, 0.2) is 0 Å². The van der Waals surface area contributed by atoms with Gasteiger partial charge < -0.3 is 10.5 Å². The highest BCUT2D eigenvalue weighted by molar-refractivity contribution is 5.69. The molecule has 1 unspecified atom stereocenters. The minimum absolute atomic E-state index is 0.0926. The van der Waals surface area contributed by atoms with Crippen LogP contribution >= 0.6 is 0 Å². The molecule has 1 aliphatic rings. The molecule has 0 aromatic heterocycles. The molecule has 0 amide bonds. The summed E-state index contributed by atoms with van der Waals surface area (Å²) in [5.41, 5.74) is 5.95. The fourth-order valence-corrected chi connectivity index (χ4v) is 2.41. The van der Waals surface area contributed by atoms with E-state index in [0.717, 1.165) is 25.9 Å². The molecule has 0 spiro atoms. The predicted octanol–water partition coefficient (Wildman–Crippen LogP) is 1.78. The van der Waals surface area contributed by atoms with Gasteiger partial charge in [0.1, 0.15) is 0 Å². The molecule has 1 fully saturated rings. The number of hydrogen-bond donors (Lipinski definition) is 1. The number of hydrogen-bond acceptors (Lipinski definition) is 4. The van der Waals surface area contributed by atoms with E-state index < -0.39 is 0 Å². The van der Waals surface area contributed by atoms with Crippen molar-refractivity contribution in [1.29, 1.82) is 0 Å². The summed E-state index contributed by atoms with van der Waals surface area (Å²) in [7, 11) is 1.47. The van der Waals surface area contributed by atoms with Crippen LogP contribution in [-0.2, 0) is 9.53 Å². The van der Waals surface area contributed by atoms with Gasteiger partial charge in [-0.05, 0) is 44.3 Å². The molecule has 0 aliphatic carbocycles. The van der Waals surface area contributed by atoms with Gasteiger partial charge in [-0.25, -0.2) is 0 Å². The van der Waals surface area contributed by atoms with Gasteiger partial charge >= 0.3 is 5.97 Å². The van der Waals surface area contributed by atoms with Crippen molar-refractivity contribution in [3.63, 3.8) is 0 Å². The van der Waals surface area contributed by atoms with Gasteiger partial charge in [0.2, 0.25) is 0 Å². The van der Waals surface area contributed by atoms with Gasteiger partial charge in [0, 0.05) is 6.04 Å². The van der Waals surface area contributed by atoms with Crippen LogP contribution in [0.25, 0.3) is 0 Å². The first kappa shape index (κ1) is 15.4. The second kappa shape index (κ2) is 7.10. The first-order valence-corrected chi connectivity index (χ1v) is 6.99. The quantitative estimate of drug-likeness (QED) is 0.736. The number of ether oxygens (including phenoxy) is 1. The summed E-state index contributed by atoms with van der Waals surface area (Å²) >= 11 is 0. The molecular formula is C14H28N2O2. The van der Waals surface area contributed by atoms with Crippen molar-refractivity contribution in [1.82, 2.24) is 4.90 Å². The lowest BCUT2D eigenvalue weighted by atomic mass is 9.88. The van der Waals surface area contributed by atoms with E-state index in [9.17, 15) is 4.79 Å². The van der Waals surface area contributed by atoms with E-state index in [1.807, 2.05) is 0 Å². The van der Waals surface area contributed by atoms with Crippen LogP contribution in [0.3, 0.4) is 0 Å². The molecule has 1 saturated heterocycles. The van der Waals surface area contributed by atoms with E-state index in [0.29, 0.717) is 19.0 Å². The predicted molar refractivity (Wildman–Crippen MR) is 73.3 cm³/mol. The maximum Gasteiger partial charge on any atom is 0.307 e. The molecule has 106 valence electrons. The average molecular weight is 256 g/mol. The third-order valence-corrected chi connectivity index (χ3v) is 4.01. The van der Waals surface area contributed by atoms with E-state index in [1.165, 1.54) is 20.0 Å². The van der Waals surface area contributed by atoms with Crippen LogP contribution in [0.2, 0.25) is 0 Å². The maximum atomic E-state index is 11.4. The van der Waals surface area contributed by atoms with E-state index in [4.69, 9.17) is 10.5 Å². The summed E-state index contributed by atoms with van der Waals surface area (Å²) < 4.78 is 4.78. The standard InChI is InChI=1S/C14H28N2O2/c1-14(2,11-15)7-9-16-8-5-4-6-12(16)10-13(17)18-3/h12H,4-11,15H2,1-3H3. The van der Waals surface area contributed by atoms with E-state index in [2.05, 4.69) is 18.7 Å². The van der Waals surface area contributed by atoms with Crippen molar-refractivity contribution < 1.29 is 9.53 Å². The molecule has 0 radical (unpaired) electrons. The van der Waals surface area contributed by atoms with Crippen LogP contribution in [0.5, 0.6) is 0 Å². The Balaban J connectivity index is 2.46. The number of likely N-dealkylation sites (tertiary alicyclic amines) is 1. The molecule has 1 aliphatic heterocycles. The Hall–Kier alpha value is -0.610. The number of rotatable bonds is 6. The summed E-state index contributed by atoms with van der Waals surface area (Å²) in [6, 6.07) is 0.361. The normalized spacial score (nSPS) is 21.9. The van der Waals surface area contributed by atoms with Gasteiger partial charge in [-0.3, -0.25) is 9.69 Å². The smallest absolute Gasteiger partial charge is 0.307 e. The van der Waals surface area contributed by atoms with Crippen LogP contribution in [0.15, 0.2) is 0 Å². The lowest BCUT2D eigenvalue weighted by Crippen LogP contribution is -2.43. The summed E-state index contributed by atoms with van der Waals surface area (Å²) in [5, 5.41) is 0. The van der Waals surface area contributed by atoms with Gasteiger partial charge in [-0.1, -0.05) is 20.3 Å². The van der Waals surface area contributed by atoms with Crippen molar-refractivity contribution in [2.75, 3.05) is 26.7 Å². The summed E-state index contributed by atoms with van der Waals surface area (Å²) in [6.45, 7) is 7.25. The zero-order valence-corrected chi connectivity index (χ0v) is 12.1. The Kier molecular flexibility index (Phi) is 6.09. The monoisotopic (exact) mass is 256 g/mol. The van der Waals surface area contributed by atoms with Crippen LogP contribution in [-0.4, -0.2) is 43.7 Å². The van der Waals surface area contributed by atoms with Crippen molar-refractivity contribution >= 4 is 5.97 Å². The topological polar surface area (TPSA) is 55.6 Å². The highest BCUT2D eigenvalue weighted by atomic mass is 16.5. The molecule has 4 nitrogen and oxygen atoms in total. The zero-order chi connectivity index (χ0) is 13.6. The third-order valence-electron chi connectivity index (χ3n) is 4.01. The number of esters is 1. The first-order valence-electron chi connectivity index (χ1n) is 6.99. The van der Waals surface area contributed by atoms with Gasteiger partial charge in [0.25, 0.3) is 0 Å². The molecule has 1 rings (SSSR count). The molecule has 2 N–H and O–H groups in total. The molecular weight excluding hydrogens is 228 g/mol. The van der Waals surface area contributed by atoms with Crippen molar-refractivity contribution in [2.24, 2.45) is 11.1 Å². The van der Waals surface area contributed by atoms with Gasteiger partial charge in [-0.15, -0.1) is 0 Å². The highest BCUT2D eigenvalue weighted by Crippen LogP contribution is 2.24. The minimum atomic E-state index is -0.0926. The highest BCUT2D eigenvalue weighted by Gasteiger charge is 2.26. The molecule has 1 heterocycles. The number of methoxy groups -OCH3 is 1. The second-order valence-electron chi connectivity index (χ2n) is 6.08. The number of carbonyl (C=O) groups is 1. The zero-order valence-electron chi connectivity index (χ0n) is 12.1. The summed E-state index contributed by atoms with van der Waals surface area (Å²) in [4.78, 5) is 13.9. The fourth-order valence-electron chi connectivity index (χ4n) is 2.41. The average Bonchev–Trinajstić information content (AvgIpc) is 2.37. The van der Waals surface area contributed by atoms with Crippen molar-refractivity contribution in [3.05, 3.63) is 0 Å². The minimum Gasteiger partial charge on any atom is -0.469 e. The number of nitrogens with two attached hydrogens (primary N) is 1. The Morgan fingerprint density at radius 3 is 2.78 bits per heavy atom. The lowest BCUT2D eigenvalue weighted by molar-refractivity contribution is -0.142. The lowest BCUT2D eigenvalue weighted by Gasteiger charge is -2.37. The molecule has 1 atom stereocenters. The molecule has 0 aromatic rings. The molecule has 0 saturated carbocycles. The SMILES string of the molecule is COC(=O)CC1CCCCN1CCC(C)(C)CN. The Morgan fingerprint density at radius 2 is 2.17 bits per heavy atom. The Morgan fingerprint density at radius 1 is 1.44 bits per heavy atom. The van der Waals surface area contributed by atoms with Crippen LogP contribution in [0, 0.1) is 5.41 Å².